The van der Waals surface area contributed by atoms with E-state index in [0.717, 1.165) is 0 Å². The van der Waals surface area contributed by atoms with Crippen LogP contribution in [0.3, 0.4) is 0 Å². The number of hydrogen-bond acceptors (Lipinski definition) is 4. The molecule has 1 aliphatic rings. The van der Waals surface area contributed by atoms with E-state index < -0.39 is 23.2 Å². The Balaban J connectivity index is 1.93. The Morgan fingerprint density at radius 3 is 2.56 bits per heavy atom. The van der Waals surface area contributed by atoms with Gasteiger partial charge in [0.25, 0.3) is 17.4 Å². The highest BCUT2D eigenvalue weighted by atomic mass is 19.1. The van der Waals surface area contributed by atoms with Crippen molar-refractivity contribution >= 4 is 11.8 Å². The van der Waals surface area contributed by atoms with Crippen LogP contribution in [0.25, 0.3) is 0 Å². The van der Waals surface area contributed by atoms with Crippen molar-refractivity contribution in [2.45, 2.75) is 19.0 Å². The third-order valence-electron chi connectivity index (χ3n) is 4.56. The molecule has 1 saturated carbocycles. The minimum atomic E-state index is -0.595. The van der Waals surface area contributed by atoms with E-state index in [9.17, 15) is 18.8 Å². The van der Waals surface area contributed by atoms with Gasteiger partial charge in [-0.25, -0.2) is 4.39 Å². The zero-order chi connectivity index (χ0) is 19.6. The second-order valence-corrected chi connectivity index (χ2v) is 6.54. The van der Waals surface area contributed by atoms with Crippen LogP contribution in [0, 0.1) is 11.7 Å². The van der Waals surface area contributed by atoms with E-state index in [1.807, 2.05) is 0 Å². The van der Waals surface area contributed by atoms with E-state index in [-0.39, 0.29) is 36.2 Å². The molecule has 0 unspecified atom stereocenters. The molecule has 142 valence electrons. The third-order valence-corrected chi connectivity index (χ3v) is 4.56. The molecule has 0 spiro atoms. The van der Waals surface area contributed by atoms with Crippen molar-refractivity contribution in [1.82, 2.24) is 15.2 Å². The van der Waals surface area contributed by atoms with Gasteiger partial charge in [-0.15, -0.1) is 0 Å². The Hall–Kier alpha value is -3.00. The molecule has 0 saturated heterocycles. The quantitative estimate of drug-likeness (QED) is 0.687. The molecule has 2 atom stereocenters. The number of nitrogens with zero attached hydrogens (tertiary/aromatic N) is 1. The van der Waals surface area contributed by atoms with E-state index in [1.165, 1.54) is 48.1 Å². The van der Waals surface area contributed by atoms with E-state index in [0.29, 0.717) is 12.0 Å². The fourth-order valence-corrected chi connectivity index (χ4v) is 2.84. The van der Waals surface area contributed by atoms with Crippen molar-refractivity contribution in [3.05, 3.63) is 69.4 Å². The molecule has 0 bridgehead atoms. The number of halogens is 1. The molecular weight excluding hydrogens is 353 g/mol. The molecule has 1 aromatic carbocycles. The number of carbonyl (C=O) groups excluding carboxylic acids is 2. The summed E-state index contributed by atoms with van der Waals surface area (Å²) in [5.74, 6) is -1.37. The molecule has 2 aromatic rings. The number of benzene rings is 1. The van der Waals surface area contributed by atoms with Gasteiger partial charge in [-0.2, -0.15) is 0 Å². The molecule has 1 fully saturated rings. The molecule has 1 heterocycles. The Labute approximate surface area is 154 Å². The van der Waals surface area contributed by atoms with Crippen LogP contribution in [-0.4, -0.2) is 41.2 Å². The molecule has 27 heavy (non-hydrogen) atoms. The summed E-state index contributed by atoms with van der Waals surface area (Å²) < 4.78 is 14.3. The van der Waals surface area contributed by atoms with Gasteiger partial charge in [0.2, 0.25) is 0 Å². The van der Waals surface area contributed by atoms with Gasteiger partial charge in [0.15, 0.2) is 0 Å². The lowest BCUT2D eigenvalue weighted by atomic mass is 10.1. The van der Waals surface area contributed by atoms with Crippen LogP contribution >= 0.6 is 0 Å². The highest BCUT2D eigenvalue weighted by Crippen LogP contribution is 2.29. The monoisotopic (exact) mass is 373 g/mol. The number of nitrogens with one attached hydrogen (secondary N) is 2. The van der Waals surface area contributed by atoms with Crippen molar-refractivity contribution in [1.29, 1.82) is 0 Å². The maximum Gasteiger partial charge on any atom is 0.263 e. The maximum atomic E-state index is 13.1. The van der Waals surface area contributed by atoms with Crippen molar-refractivity contribution in [3.8, 4) is 0 Å². The normalized spacial score (nSPS) is 18.0. The van der Waals surface area contributed by atoms with Crippen LogP contribution in [0.4, 0.5) is 4.39 Å². The number of aliphatic hydroxyl groups excluding tert-OH is 1. The van der Waals surface area contributed by atoms with Crippen LogP contribution in [0.5, 0.6) is 0 Å². The van der Waals surface area contributed by atoms with Gasteiger partial charge in [0.1, 0.15) is 11.4 Å². The molecule has 1 aliphatic carbocycles. The molecule has 3 N–H and O–H groups in total. The van der Waals surface area contributed by atoms with Gasteiger partial charge in [0, 0.05) is 31.8 Å². The highest BCUT2D eigenvalue weighted by Gasteiger charge is 2.37. The Bertz CT molecular complexity index is 924. The van der Waals surface area contributed by atoms with Crippen LogP contribution in [0.2, 0.25) is 0 Å². The predicted molar refractivity (Wildman–Crippen MR) is 96.0 cm³/mol. The van der Waals surface area contributed by atoms with E-state index in [2.05, 4.69) is 10.6 Å². The first-order valence-electron chi connectivity index (χ1n) is 8.55. The summed E-state index contributed by atoms with van der Waals surface area (Å²) in [7, 11) is 1.40. The second kappa shape index (κ2) is 7.71. The number of rotatable bonds is 6. The van der Waals surface area contributed by atoms with Crippen molar-refractivity contribution in [3.63, 3.8) is 0 Å². The van der Waals surface area contributed by atoms with E-state index in [4.69, 9.17) is 5.11 Å². The maximum absolute atomic E-state index is 13.1. The van der Waals surface area contributed by atoms with Crippen LogP contribution in [0.1, 0.15) is 32.7 Å². The van der Waals surface area contributed by atoms with Gasteiger partial charge in [-0.3, -0.25) is 14.4 Å². The summed E-state index contributed by atoms with van der Waals surface area (Å²) in [6, 6.07) is 6.77. The molecule has 8 heteroatoms. The van der Waals surface area contributed by atoms with Crippen LogP contribution in [0.15, 0.2) is 41.3 Å². The SMILES string of the molecule is CNC(=O)c1cc(C(=O)N[C@H]2C[C@@H]2CO)cn(Cc2ccc(F)cc2)c1=O. The summed E-state index contributed by atoms with van der Waals surface area (Å²) in [6.45, 7) is 0.0887. The van der Waals surface area contributed by atoms with Crippen molar-refractivity contribution in [2.24, 2.45) is 5.92 Å². The number of amides is 2. The number of hydrogen-bond donors (Lipinski definition) is 3. The standard InChI is InChI=1S/C19H20FN3O4/c1-21-18(26)15-6-12(17(25)22-16-7-13(16)10-24)9-23(19(15)27)8-11-2-4-14(20)5-3-11/h2-6,9,13,16,24H,7-8,10H2,1H3,(H,21,26)(H,22,25)/t13-,16+/m1/s1. The second-order valence-electron chi connectivity index (χ2n) is 6.54. The van der Waals surface area contributed by atoms with Crippen LogP contribution in [-0.2, 0) is 6.54 Å². The zero-order valence-corrected chi connectivity index (χ0v) is 14.7. The summed E-state index contributed by atoms with van der Waals surface area (Å²) >= 11 is 0. The smallest absolute Gasteiger partial charge is 0.263 e. The zero-order valence-electron chi connectivity index (χ0n) is 14.7. The minimum Gasteiger partial charge on any atom is -0.396 e. The van der Waals surface area contributed by atoms with Gasteiger partial charge in [-0.1, -0.05) is 12.1 Å². The van der Waals surface area contributed by atoms with Gasteiger partial charge >= 0.3 is 0 Å². The van der Waals surface area contributed by atoms with Gasteiger partial charge in [-0.05, 0) is 30.2 Å². The third kappa shape index (κ3) is 4.22. The lowest BCUT2D eigenvalue weighted by Crippen LogP contribution is -2.34. The van der Waals surface area contributed by atoms with E-state index >= 15 is 0 Å². The molecule has 0 radical (unpaired) electrons. The number of pyridine rings is 1. The van der Waals surface area contributed by atoms with Crippen LogP contribution < -0.4 is 16.2 Å². The summed E-state index contributed by atoms with van der Waals surface area (Å²) in [5, 5.41) is 14.3. The average molecular weight is 373 g/mol. The number of carbonyl (C=O) groups is 2. The Kier molecular flexibility index (Phi) is 5.36. The lowest BCUT2D eigenvalue weighted by molar-refractivity contribution is 0.0946. The molecule has 3 rings (SSSR count). The molecule has 7 nitrogen and oxygen atoms in total. The van der Waals surface area contributed by atoms with E-state index in [1.54, 1.807) is 0 Å². The Morgan fingerprint density at radius 1 is 1.26 bits per heavy atom. The first-order valence-corrected chi connectivity index (χ1v) is 8.55. The first kappa shape index (κ1) is 18.8. The number of aromatic nitrogens is 1. The summed E-state index contributed by atoms with van der Waals surface area (Å²) in [5.41, 5.74) is 0.122. The van der Waals surface area contributed by atoms with Gasteiger partial charge < -0.3 is 20.3 Å². The molecule has 1 aromatic heterocycles. The summed E-state index contributed by atoms with van der Waals surface area (Å²) in [4.78, 5) is 37.2. The molecule has 0 aliphatic heterocycles. The number of aliphatic hydroxyl groups is 1. The topological polar surface area (TPSA) is 100 Å². The van der Waals surface area contributed by atoms with Crippen molar-refractivity contribution < 1.29 is 19.1 Å². The first-order chi connectivity index (χ1) is 12.9. The van der Waals surface area contributed by atoms with Gasteiger partial charge in [0.05, 0.1) is 12.1 Å². The average Bonchev–Trinajstić information content (AvgIpc) is 3.42. The Morgan fingerprint density at radius 2 is 1.96 bits per heavy atom. The summed E-state index contributed by atoms with van der Waals surface area (Å²) in [6.07, 6.45) is 2.07. The largest absolute Gasteiger partial charge is 0.396 e. The molecular formula is C19H20FN3O4. The molecule has 2 amide bonds. The fourth-order valence-electron chi connectivity index (χ4n) is 2.84. The highest BCUT2D eigenvalue weighted by molar-refractivity contribution is 5.99. The fraction of sp³-hybridized carbons (Fsp3) is 0.316. The minimum absolute atomic E-state index is 0.00149. The lowest BCUT2D eigenvalue weighted by Gasteiger charge is -2.12. The predicted octanol–water partition coefficient (Wildman–Crippen LogP) is 0.506. The van der Waals surface area contributed by atoms with Crippen molar-refractivity contribution in [2.75, 3.05) is 13.7 Å².